The Kier molecular flexibility index (Phi) is 5.97. The van der Waals surface area contributed by atoms with Crippen molar-refractivity contribution in [3.8, 4) is 11.3 Å². The van der Waals surface area contributed by atoms with Gasteiger partial charge in [-0.1, -0.05) is 59.6 Å². The summed E-state index contributed by atoms with van der Waals surface area (Å²) in [6.07, 6.45) is 1.48. The second-order valence-electron chi connectivity index (χ2n) is 6.99. The molecule has 5 nitrogen and oxygen atoms in total. The van der Waals surface area contributed by atoms with Crippen molar-refractivity contribution in [2.45, 2.75) is 12.8 Å². The molecule has 0 unspecified atom stereocenters. The van der Waals surface area contributed by atoms with E-state index in [4.69, 9.17) is 23.2 Å². The van der Waals surface area contributed by atoms with Crippen LogP contribution in [0.25, 0.3) is 11.3 Å². The minimum absolute atomic E-state index is 0.0284. The molecule has 3 aromatic rings. The van der Waals surface area contributed by atoms with Crippen molar-refractivity contribution >= 4 is 40.6 Å². The molecule has 1 fully saturated rings. The highest BCUT2D eigenvalue weighted by Crippen LogP contribution is 2.31. The van der Waals surface area contributed by atoms with Gasteiger partial charge in [-0.05, 0) is 37.1 Å². The summed E-state index contributed by atoms with van der Waals surface area (Å²) in [6, 6.07) is 19.2. The zero-order valence-corrected chi connectivity index (χ0v) is 17.2. The molecule has 2 heterocycles. The van der Waals surface area contributed by atoms with Crippen LogP contribution < -0.4 is 10.2 Å². The van der Waals surface area contributed by atoms with Crippen molar-refractivity contribution in [3.05, 3.63) is 70.7 Å². The van der Waals surface area contributed by atoms with Crippen LogP contribution in [0, 0.1) is 5.92 Å². The van der Waals surface area contributed by atoms with Gasteiger partial charge in [0, 0.05) is 24.6 Å². The summed E-state index contributed by atoms with van der Waals surface area (Å²) in [7, 11) is 0. The fraction of sp³-hybridized carbons (Fsp3) is 0.227. The van der Waals surface area contributed by atoms with E-state index in [0.717, 1.165) is 43.0 Å². The molecule has 1 aliphatic heterocycles. The van der Waals surface area contributed by atoms with E-state index in [-0.39, 0.29) is 11.8 Å². The first-order valence-electron chi connectivity index (χ1n) is 9.51. The van der Waals surface area contributed by atoms with Crippen LogP contribution in [0.4, 0.5) is 11.5 Å². The maximum atomic E-state index is 12.6. The fourth-order valence-electron chi connectivity index (χ4n) is 3.46. The number of piperidine rings is 1. The lowest BCUT2D eigenvalue weighted by Gasteiger charge is -2.31. The van der Waals surface area contributed by atoms with Gasteiger partial charge < -0.3 is 10.2 Å². The third-order valence-electron chi connectivity index (χ3n) is 5.12. The zero-order chi connectivity index (χ0) is 20.2. The van der Waals surface area contributed by atoms with E-state index in [0.29, 0.717) is 15.7 Å². The van der Waals surface area contributed by atoms with Crippen molar-refractivity contribution < 1.29 is 4.79 Å². The van der Waals surface area contributed by atoms with Crippen LogP contribution in [0.3, 0.4) is 0 Å². The quantitative estimate of drug-likeness (QED) is 0.614. The molecule has 1 N–H and O–H groups in total. The number of benzene rings is 2. The van der Waals surface area contributed by atoms with E-state index in [9.17, 15) is 4.79 Å². The Balaban J connectivity index is 1.35. The molecule has 1 aliphatic rings. The Bertz CT molecular complexity index is 987. The van der Waals surface area contributed by atoms with Crippen molar-refractivity contribution in [2.75, 3.05) is 23.3 Å². The second kappa shape index (κ2) is 8.80. The first-order chi connectivity index (χ1) is 14.1. The van der Waals surface area contributed by atoms with E-state index in [1.54, 1.807) is 18.2 Å². The highest BCUT2D eigenvalue weighted by atomic mass is 35.5. The summed E-state index contributed by atoms with van der Waals surface area (Å²) in [5.41, 5.74) is 2.44. The van der Waals surface area contributed by atoms with Gasteiger partial charge in [-0.2, -0.15) is 0 Å². The number of amides is 1. The fourth-order valence-corrected chi connectivity index (χ4v) is 3.81. The molecule has 4 rings (SSSR count). The lowest BCUT2D eigenvalue weighted by Crippen LogP contribution is -2.38. The number of carbonyl (C=O) groups is 1. The first kappa shape index (κ1) is 19.7. The minimum Gasteiger partial charge on any atom is -0.355 e. The van der Waals surface area contributed by atoms with Crippen LogP contribution in [-0.2, 0) is 4.79 Å². The molecule has 1 amide bonds. The number of hydrogen-bond acceptors (Lipinski definition) is 4. The van der Waals surface area contributed by atoms with Crippen molar-refractivity contribution in [1.82, 2.24) is 10.2 Å². The van der Waals surface area contributed by atoms with Crippen LogP contribution in [0.1, 0.15) is 12.8 Å². The smallest absolute Gasteiger partial charge is 0.227 e. The molecule has 29 heavy (non-hydrogen) atoms. The Morgan fingerprint density at radius 1 is 0.931 bits per heavy atom. The Morgan fingerprint density at radius 3 is 2.38 bits per heavy atom. The monoisotopic (exact) mass is 426 g/mol. The van der Waals surface area contributed by atoms with Gasteiger partial charge in [0.2, 0.25) is 5.91 Å². The van der Waals surface area contributed by atoms with Crippen molar-refractivity contribution in [1.29, 1.82) is 0 Å². The summed E-state index contributed by atoms with van der Waals surface area (Å²) in [5.74, 6) is 0.735. The van der Waals surface area contributed by atoms with Crippen LogP contribution in [0.5, 0.6) is 0 Å². The predicted octanol–water partition coefficient (Wildman–Crippen LogP) is 5.31. The summed E-state index contributed by atoms with van der Waals surface area (Å²) < 4.78 is 0. The van der Waals surface area contributed by atoms with Crippen LogP contribution in [0.2, 0.25) is 10.0 Å². The average molecular weight is 427 g/mol. The maximum absolute atomic E-state index is 12.6. The normalized spacial score (nSPS) is 14.6. The minimum atomic E-state index is -0.0714. The van der Waals surface area contributed by atoms with Gasteiger partial charge in [0.05, 0.1) is 21.4 Å². The van der Waals surface area contributed by atoms with Crippen LogP contribution in [0.15, 0.2) is 60.7 Å². The standard InChI is InChI=1S/C22H20Cl2N4O/c23-17-7-4-8-19(21(17)24)25-22(29)16-11-13-28(14-12-16)20-10-9-18(26-27-20)15-5-2-1-3-6-15/h1-10,16H,11-14H2,(H,25,29). The average Bonchev–Trinajstić information content (AvgIpc) is 2.78. The Hall–Kier alpha value is -2.63. The molecule has 0 aliphatic carbocycles. The molecule has 2 aromatic carbocycles. The lowest BCUT2D eigenvalue weighted by molar-refractivity contribution is -0.120. The van der Waals surface area contributed by atoms with E-state index in [1.165, 1.54) is 0 Å². The van der Waals surface area contributed by atoms with Gasteiger partial charge in [0.25, 0.3) is 0 Å². The van der Waals surface area contributed by atoms with Crippen LogP contribution in [-0.4, -0.2) is 29.2 Å². The summed E-state index contributed by atoms with van der Waals surface area (Å²) in [6.45, 7) is 1.50. The first-order valence-corrected chi connectivity index (χ1v) is 10.3. The predicted molar refractivity (Wildman–Crippen MR) is 117 cm³/mol. The third kappa shape index (κ3) is 4.52. The van der Waals surface area contributed by atoms with Crippen molar-refractivity contribution in [2.24, 2.45) is 5.92 Å². The molecular formula is C22H20Cl2N4O. The van der Waals surface area contributed by atoms with E-state index < -0.39 is 0 Å². The number of hydrogen-bond donors (Lipinski definition) is 1. The highest BCUT2D eigenvalue weighted by molar-refractivity contribution is 6.44. The summed E-state index contributed by atoms with van der Waals surface area (Å²) >= 11 is 12.2. The molecule has 7 heteroatoms. The van der Waals surface area contributed by atoms with E-state index in [1.807, 2.05) is 42.5 Å². The number of anilines is 2. The van der Waals surface area contributed by atoms with Gasteiger partial charge in [0.15, 0.2) is 5.82 Å². The molecular weight excluding hydrogens is 407 g/mol. The van der Waals surface area contributed by atoms with Gasteiger partial charge >= 0.3 is 0 Å². The molecule has 0 bridgehead atoms. The molecule has 148 valence electrons. The molecule has 0 atom stereocenters. The number of carbonyl (C=O) groups excluding carboxylic acids is 1. The third-order valence-corrected chi connectivity index (χ3v) is 5.94. The number of halogens is 2. The summed E-state index contributed by atoms with van der Waals surface area (Å²) in [5, 5.41) is 12.4. The maximum Gasteiger partial charge on any atom is 0.227 e. The zero-order valence-electron chi connectivity index (χ0n) is 15.7. The van der Waals surface area contributed by atoms with Gasteiger partial charge in [-0.3, -0.25) is 4.79 Å². The SMILES string of the molecule is O=C(Nc1cccc(Cl)c1Cl)C1CCN(c2ccc(-c3ccccc3)nn2)CC1. The highest BCUT2D eigenvalue weighted by Gasteiger charge is 2.26. The van der Waals surface area contributed by atoms with Crippen molar-refractivity contribution in [3.63, 3.8) is 0 Å². The Labute approximate surface area is 179 Å². The summed E-state index contributed by atoms with van der Waals surface area (Å²) in [4.78, 5) is 14.8. The lowest BCUT2D eigenvalue weighted by atomic mass is 9.95. The topological polar surface area (TPSA) is 58.1 Å². The molecule has 0 spiro atoms. The Morgan fingerprint density at radius 2 is 1.69 bits per heavy atom. The van der Waals surface area contributed by atoms with E-state index in [2.05, 4.69) is 20.4 Å². The number of nitrogens with one attached hydrogen (secondary N) is 1. The number of rotatable bonds is 4. The van der Waals surface area contributed by atoms with Gasteiger partial charge in [0.1, 0.15) is 0 Å². The van der Waals surface area contributed by atoms with Gasteiger partial charge in [-0.15, -0.1) is 10.2 Å². The molecule has 0 radical (unpaired) electrons. The molecule has 0 saturated carbocycles. The van der Waals surface area contributed by atoms with Gasteiger partial charge in [-0.25, -0.2) is 0 Å². The molecule has 1 saturated heterocycles. The van der Waals surface area contributed by atoms with E-state index >= 15 is 0 Å². The second-order valence-corrected chi connectivity index (χ2v) is 7.78. The largest absolute Gasteiger partial charge is 0.355 e. The molecule has 1 aromatic heterocycles. The van der Waals surface area contributed by atoms with Crippen LogP contribution >= 0.6 is 23.2 Å². The number of nitrogens with zero attached hydrogens (tertiary/aromatic N) is 3. The number of aromatic nitrogens is 2.